The summed E-state index contributed by atoms with van der Waals surface area (Å²) in [6, 6.07) is 7.94. The minimum Gasteiger partial charge on any atom is -0.496 e. The highest BCUT2D eigenvalue weighted by molar-refractivity contribution is 6.08. The summed E-state index contributed by atoms with van der Waals surface area (Å²) in [6.07, 6.45) is 9.61. The van der Waals surface area contributed by atoms with Crippen LogP contribution >= 0.6 is 0 Å². The molecule has 2 aromatic carbocycles. The molecule has 30 heavy (non-hydrogen) atoms. The average Bonchev–Trinajstić information content (AvgIpc) is 3.39. The fraction of sp³-hybridized carbons (Fsp3) is 0.348. The summed E-state index contributed by atoms with van der Waals surface area (Å²) in [7, 11) is 1.48. The summed E-state index contributed by atoms with van der Waals surface area (Å²) in [5.74, 6) is -0.753. The topological polar surface area (TPSA) is 93.0 Å². The number of hydrogen-bond donors (Lipinski definition) is 2. The third-order valence-electron chi connectivity index (χ3n) is 6.47. The van der Waals surface area contributed by atoms with Crippen molar-refractivity contribution in [2.75, 3.05) is 7.11 Å². The van der Waals surface area contributed by atoms with Crippen LogP contribution in [0.3, 0.4) is 0 Å². The third kappa shape index (κ3) is 2.76. The van der Waals surface area contributed by atoms with E-state index in [1.165, 1.54) is 45.5 Å². The number of carboxylic acids is 1. The fourth-order valence-electron chi connectivity index (χ4n) is 4.84. The number of imidazole rings is 2. The van der Waals surface area contributed by atoms with Gasteiger partial charge in [-0.2, -0.15) is 0 Å². The number of rotatable bonds is 4. The Labute approximate surface area is 173 Å². The molecule has 1 aliphatic carbocycles. The predicted molar refractivity (Wildman–Crippen MR) is 115 cm³/mol. The number of nitrogens with zero attached hydrogens (tertiary/aromatic N) is 3. The van der Waals surface area contributed by atoms with Gasteiger partial charge in [0.1, 0.15) is 11.3 Å². The number of ether oxygens (including phenoxy) is 1. The molecule has 1 saturated carbocycles. The monoisotopic (exact) mass is 404 g/mol. The van der Waals surface area contributed by atoms with Crippen molar-refractivity contribution < 1.29 is 14.6 Å². The molecular formula is C23H24N4O3. The number of carbonyl (C=O) groups is 1. The van der Waals surface area contributed by atoms with Crippen molar-refractivity contribution in [3.63, 3.8) is 0 Å². The molecular weight excluding hydrogens is 380 g/mol. The summed E-state index contributed by atoms with van der Waals surface area (Å²) in [4.78, 5) is 23.8. The summed E-state index contributed by atoms with van der Waals surface area (Å²) in [5, 5.41) is 9.63. The number of H-pyrrole nitrogens is 1. The molecule has 0 amide bonds. The molecule has 2 aromatic heterocycles. The first-order valence-electron chi connectivity index (χ1n) is 10.3. The van der Waals surface area contributed by atoms with E-state index in [1.807, 2.05) is 12.4 Å². The van der Waals surface area contributed by atoms with Crippen LogP contribution < -0.4 is 4.74 Å². The molecule has 0 unspecified atom stereocenters. The van der Waals surface area contributed by atoms with Crippen LogP contribution in [-0.4, -0.2) is 37.7 Å². The van der Waals surface area contributed by atoms with E-state index in [0.29, 0.717) is 16.8 Å². The van der Waals surface area contributed by atoms with Crippen LogP contribution in [0.1, 0.15) is 49.4 Å². The Bertz CT molecular complexity index is 1260. The van der Waals surface area contributed by atoms with E-state index in [-0.39, 0.29) is 11.1 Å². The molecule has 154 valence electrons. The number of nitrogens with one attached hydrogen (secondary N) is 1. The van der Waals surface area contributed by atoms with Gasteiger partial charge in [-0.1, -0.05) is 25.3 Å². The molecule has 4 aromatic rings. The Kier molecular flexibility index (Phi) is 4.27. The maximum Gasteiger partial charge on any atom is 0.341 e. The SMILES string of the molecule is COc1cc(-c2ccc3c(c2)ncn3C2(C)CCCCC2)c2nc[nH]c2c1C(=O)O. The number of benzene rings is 2. The van der Waals surface area contributed by atoms with Gasteiger partial charge in [-0.05, 0) is 43.5 Å². The number of aromatic nitrogens is 4. The smallest absolute Gasteiger partial charge is 0.341 e. The van der Waals surface area contributed by atoms with Crippen molar-refractivity contribution in [3.05, 3.63) is 42.5 Å². The lowest BCUT2D eigenvalue weighted by atomic mass is 9.83. The number of aromatic amines is 1. The maximum absolute atomic E-state index is 11.8. The maximum atomic E-state index is 11.8. The van der Waals surface area contributed by atoms with Crippen LogP contribution in [0.15, 0.2) is 36.9 Å². The zero-order valence-electron chi connectivity index (χ0n) is 17.1. The quantitative estimate of drug-likeness (QED) is 0.501. The second kappa shape index (κ2) is 6.86. The zero-order chi connectivity index (χ0) is 20.9. The van der Waals surface area contributed by atoms with Gasteiger partial charge in [0.05, 0.1) is 41.8 Å². The molecule has 0 aliphatic heterocycles. The lowest BCUT2D eigenvalue weighted by Gasteiger charge is -2.35. The summed E-state index contributed by atoms with van der Waals surface area (Å²) in [6.45, 7) is 2.32. The highest BCUT2D eigenvalue weighted by atomic mass is 16.5. The number of hydrogen-bond acceptors (Lipinski definition) is 4. The minimum absolute atomic E-state index is 0.0873. The molecule has 0 bridgehead atoms. The Morgan fingerprint density at radius 1 is 1.20 bits per heavy atom. The first-order chi connectivity index (χ1) is 14.5. The third-order valence-corrected chi connectivity index (χ3v) is 6.47. The predicted octanol–water partition coefficient (Wildman–Crippen LogP) is 4.97. The van der Waals surface area contributed by atoms with E-state index >= 15 is 0 Å². The van der Waals surface area contributed by atoms with Gasteiger partial charge in [0.2, 0.25) is 0 Å². The van der Waals surface area contributed by atoms with Crippen molar-refractivity contribution in [2.24, 2.45) is 0 Å². The zero-order valence-corrected chi connectivity index (χ0v) is 17.1. The Morgan fingerprint density at radius 3 is 2.73 bits per heavy atom. The van der Waals surface area contributed by atoms with Crippen LogP contribution in [-0.2, 0) is 5.54 Å². The van der Waals surface area contributed by atoms with Crippen molar-refractivity contribution in [1.29, 1.82) is 0 Å². The summed E-state index contributed by atoms with van der Waals surface area (Å²) in [5.41, 5.74) is 5.03. The molecule has 1 aliphatic rings. The molecule has 0 saturated heterocycles. The van der Waals surface area contributed by atoms with Crippen LogP contribution in [0.2, 0.25) is 0 Å². The highest BCUT2D eigenvalue weighted by Gasteiger charge is 2.30. The van der Waals surface area contributed by atoms with Crippen LogP contribution in [0.25, 0.3) is 33.2 Å². The molecule has 0 radical (unpaired) electrons. The number of aromatic carboxylic acids is 1. The van der Waals surface area contributed by atoms with Crippen LogP contribution in [0.5, 0.6) is 5.75 Å². The molecule has 2 heterocycles. The van der Waals surface area contributed by atoms with Gasteiger partial charge in [-0.15, -0.1) is 0 Å². The molecule has 1 fully saturated rings. The molecule has 2 N–H and O–H groups in total. The first kappa shape index (κ1) is 18.7. The normalized spacial score (nSPS) is 16.2. The summed E-state index contributed by atoms with van der Waals surface area (Å²) >= 11 is 0. The largest absolute Gasteiger partial charge is 0.496 e. The molecule has 7 heteroatoms. The van der Waals surface area contributed by atoms with E-state index in [9.17, 15) is 9.90 Å². The van der Waals surface area contributed by atoms with Crippen molar-refractivity contribution >= 4 is 28.0 Å². The van der Waals surface area contributed by atoms with Gasteiger partial charge in [-0.25, -0.2) is 14.8 Å². The Hall–Kier alpha value is -3.35. The van der Waals surface area contributed by atoms with Gasteiger partial charge in [0, 0.05) is 11.1 Å². The highest BCUT2D eigenvalue weighted by Crippen LogP contribution is 2.39. The Morgan fingerprint density at radius 2 is 2.00 bits per heavy atom. The number of methoxy groups -OCH3 is 1. The second-order valence-corrected chi connectivity index (χ2v) is 8.31. The van der Waals surface area contributed by atoms with Crippen molar-refractivity contribution in [2.45, 2.75) is 44.6 Å². The fourth-order valence-corrected chi connectivity index (χ4v) is 4.84. The van der Waals surface area contributed by atoms with E-state index in [1.54, 1.807) is 6.07 Å². The van der Waals surface area contributed by atoms with E-state index < -0.39 is 5.97 Å². The molecule has 0 spiro atoms. The van der Waals surface area contributed by atoms with Gasteiger partial charge in [-0.3, -0.25) is 0 Å². The van der Waals surface area contributed by atoms with E-state index in [0.717, 1.165) is 22.2 Å². The lowest BCUT2D eigenvalue weighted by Crippen LogP contribution is -2.31. The van der Waals surface area contributed by atoms with Crippen LogP contribution in [0, 0.1) is 0 Å². The first-order valence-corrected chi connectivity index (χ1v) is 10.3. The lowest BCUT2D eigenvalue weighted by molar-refractivity contribution is 0.0695. The number of fused-ring (bicyclic) bond motifs is 2. The van der Waals surface area contributed by atoms with Crippen molar-refractivity contribution in [3.8, 4) is 16.9 Å². The minimum atomic E-state index is -1.05. The Balaban J connectivity index is 1.66. The van der Waals surface area contributed by atoms with Gasteiger partial charge < -0.3 is 19.4 Å². The van der Waals surface area contributed by atoms with E-state index in [2.05, 4.69) is 33.6 Å². The molecule has 0 atom stereocenters. The van der Waals surface area contributed by atoms with Gasteiger partial charge in [0.25, 0.3) is 0 Å². The molecule has 5 rings (SSSR count). The average molecular weight is 404 g/mol. The number of carboxylic acid groups (broad SMARTS) is 1. The van der Waals surface area contributed by atoms with Crippen molar-refractivity contribution in [1.82, 2.24) is 19.5 Å². The molecule has 7 nitrogen and oxygen atoms in total. The standard InChI is InChI=1S/C23H24N4O3/c1-23(8-4-3-5-9-23)27-13-26-16-10-14(6-7-17(16)27)15-11-18(30-2)19(22(28)29)21-20(15)24-12-25-21/h6-7,10-13H,3-5,8-9H2,1-2H3,(H,24,25)(H,28,29). The van der Waals surface area contributed by atoms with Gasteiger partial charge >= 0.3 is 5.97 Å². The van der Waals surface area contributed by atoms with Crippen LogP contribution in [0.4, 0.5) is 0 Å². The summed E-state index contributed by atoms with van der Waals surface area (Å²) < 4.78 is 7.71. The van der Waals surface area contributed by atoms with E-state index in [4.69, 9.17) is 9.72 Å². The van der Waals surface area contributed by atoms with Gasteiger partial charge in [0.15, 0.2) is 0 Å². The second-order valence-electron chi connectivity index (χ2n) is 8.31.